The molecule has 0 aromatic heterocycles. The lowest BCUT2D eigenvalue weighted by Gasteiger charge is -2.08. The van der Waals surface area contributed by atoms with Crippen molar-refractivity contribution in [3.8, 4) is 5.75 Å². The minimum Gasteiger partial charge on any atom is -0.508 e. The molecule has 2 rings (SSSR count). The zero-order valence-electron chi connectivity index (χ0n) is 9.30. The molecule has 0 bridgehead atoms. The van der Waals surface area contributed by atoms with Crippen LogP contribution in [0.4, 0.5) is 0 Å². The van der Waals surface area contributed by atoms with Crippen molar-refractivity contribution >= 4 is 11.9 Å². The number of phenols is 1. The Hall–Kier alpha value is -2.04. The van der Waals surface area contributed by atoms with Crippen molar-refractivity contribution < 1.29 is 24.2 Å². The number of aryl methyl sites for hydroxylation is 1. The molecule has 1 aromatic rings. The summed E-state index contributed by atoms with van der Waals surface area (Å²) < 4.78 is 9.66. The maximum atomic E-state index is 11.7. The van der Waals surface area contributed by atoms with Gasteiger partial charge in [-0.15, -0.1) is 0 Å². The topological polar surface area (TPSA) is 72.8 Å². The predicted octanol–water partition coefficient (Wildman–Crippen LogP) is 1.17. The Morgan fingerprint density at radius 1 is 1.53 bits per heavy atom. The molecule has 0 radical (unpaired) electrons. The molecule has 0 saturated carbocycles. The third kappa shape index (κ3) is 2.38. The fourth-order valence-corrected chi connectivity index (χ4v) is 1.52. The second-order valence-corrected chi connectivity index (χ2v) is 3.85. The number of phenolic OH excluding ortho intramolecular Hbond substituents is 1. The summed E-state index contributed by atoms with van der Waals surface area (Å²) in [5, 5.41) is 9.46. The van der Waals surface area contributed by atoms with Crippen LogP contribution in [0.1, 0.15) is 22.3 Å². The predicted molar refractivity (Wildman–Crippen MR) is 57.6 cm³/mol. The molecule has 17 heavy (non-hydrogen) atoms. The maximum Gasteiger partial charge on any atom is 0.347 e. The van der Waals surface area contributed by atoms with E-state index in [1.807, 2.05) is 0 Å². The number of hydrogen-bond donors (Lipinski definition) is 1. The summed E-state index contributed by atoms with van der Waals surface area (Å²) in [7, 11) is 0. The summed E-state index contributed by atoms with van der Waals surface area (Å²) in [4.78, 5) is 22.8. The Morgan fingerprint density at radius 3 is 2.88 bits per heavy atom. The fraction of sp³-hybridized carbons (Fsp3) is 0.333. The molecule has 0 spiro atoms. The van der Waals surface area contributed by atoms with E-state index in [1.54, 1.807) is 13.0 Å². The molecule has 5 nitrogen and oxygen atoms in total. The van der Waals surface area contributed by atoms with Gasteiger partial charge in [0.05, 0.1) is 12.2 Å². The van der Waals surface area contributed by atoms with E-state index in [1.165, 1.54) is 12.1 Å². The zero-order chi connectivity index (χ0) is 12.4. The van der Waals surface area contributed by atoms with E-state index in [0.717, 1.165) is 0 Å². The first-order chi connectivity index (χ1) is 8.08. The number of cyclic esters (lactones) is 1. The average molecular weight is 236 g/mol. The number of carbonyl (C=O) groups is 2. The fourth-order valence-electron chi connectivity index (χ4n) is 1.52. The number of ether oxygens (including phenoxy) is 2. The van der Waals surface area contributed by atoms with Crippen LogP contribution in [0.15, 0.2) is 18.2 Å². The number of hydrogen-bond acceptors (Lipinski definition) is 5. The summed E-state index contributed by atoms with van der Waals surface area (Å²) in [5.74, 6) is -1.13. The smallest absolute Gasteiger partial charge is 0.347 e. The number of esters is 2. The molecule has 1 aliphatic heterocycles. The molecule has 1 N–H and O–H groups in total. The molecule has 0 aliphatic carbocycles. The van der Waals surface area contributed by atoms with Gasteiger partial charge >= 0.3 is 11.9 Å². The summed E-state index contributed by atoms with van der Waals surface area (Å²) in [6.45, 7) is 1.99. The van der Waals surface area contributed by atoms with E-state index >= 15 is 0 Å². The lowest BCUT2D eigenvalue weighted by molar-refractivity contribution is -0.145. The van der Waals surface area contributed by atoms with Gasteiger partial charge in [-0.05, 0) is 24.6 Å². The Bertz CT molecular complexity index is 466. The van der Waals surface area contributed by atoms with Crippen LogP contribution >= 0.6 is 0 Å². The summed E-state index contributed by atoms with van der Waals surface area (Å²) in [6.07, 6.45) is -0.450. The highest BCUT2D eigenvalue weighted by Gasteiger charge is 2.30. The van der Waals surface area contributed by atoms with Gasteiger partial charge in [0.15, 0.2) is 0 Å². The zero-order valence-corrected chi connectivity index (χ0v) is 9.30. The van der Waals surface area contributed by atoms with E-state index in [0.29, 0.717) is 12.0 Å². The monoisotopic (exact) mass is 236 g/mol. The first kappa shape index (κ1) is 11.4. The van der Waals surface area contributed by atoms with Crippen molar-refractivity contribution in [2.45, 2.75) is 19.4 Å². The highest BCUT2D eigenvalue weighted by atomic mass is 16.6. The Morgan fingerprint density at radius 2 is 2.29 bits per heavy atom. The number of benzene rings is 1. The number of carbonyl (C=O) groups excluding carboxylic acids is 2. The lowest BCUT2D eigenvalue weighted by Crippen LogP contribution is -2.22. The SMILES string of the molecule is Cc1ccc(C(=O)O[C@@H]2CCOC2=O)cc1O. The summed E-state index contributed by atoms with van der Waals surface area (Å²) in [6, 6.07) is 4.47. The van der Waals surface area contributed by atoms with Crippen molar-refractivity contribution in [2.24, 2.45) is 0 Å². The Kier molecular flexibility index (Phi) is 2.99. The minimum absolute atomic E-state index is 0.0217. The van der Waals surface area contributed by atoms with Gasteiger partial charge in [-0.25, -0.2) is 9.59 Å². The summed E-state index contributed by atoms with van der Waals surface area (Å²) in [5.41, 5.74) is 0.884. The lowest BCUT2D eigenvalue weighted by atomic mass is 10.1. The molecule has 1 atom stereocenters. The van der Waals surface area contributed by atoms with Crippen molar-refractivity contribution in [1.29, 1.82) is 0 Å². The van der Waals surface area contributed by atoms with E-state index in [-0.39, 0.29) is 17.9 Å². The highest BCUT2D eigenvalue weighted by molar-refractivity contribution is 5.92. The van der Waals surface area contributed by atoms with Crippen LogP contribution in [0, 0.1) is 6.92 Å². The third-order valence-electron chi connectivity index (χ3n) is 2.58. The van der Waals surface area contributed by atoms with Crippen molar-refractivity contribution in [1.82, 2.24) is 0 Å². The van der Waals surface area contributed by atoms with Crippen molar-refractivity contribution in [3.05, 3.63) is 29.3 Å². The van der Waals surface area contributed by atoms with Crippen molar-refractivity contribution in [2.75, 3.05) is 6.61 Å². The van der Waals surface area contributed by atoms with E-state index in [9.17, 15) is 14.7 Å². The van der Waals surface area contributed by atoms with Gasteiger partial charge in [0, 0.05) is 6.42 Å². The van der Waals surface area contributed by atoms with Crippen LogP contribution in [0.3, 0.4) is 0 Å². The quantitative estimate of drug-likeness (QED) is 0.780. The van der Waals surface area contributed by atoms with Crippen LogP contribution in [0.2, 0.25) is 0 Å². The van der Waals surface area contributed by atoms with Gasteiger partial charge in [-0.3, -0.25) is 0 Å². The van der Waals surface area contributed by atoms with Gasteiger partial charge in [-0.2, -0.15) is 0 Å². The Labute approximate surface area is 98.0 Å². The third-order valence-corrected chi connectivity index (χ3v) is 2.58. The molecule has 90 valence electrons. The van der Waals surface area contributed by atoms with E-state index in [2.05, 4.69) is 4.74 Å². The first-order valence-electron chi connectivity index (χ1n) is 5.25. The minimum atomic E-state index is -0.828. The molecular weight excluding hydrogens is 224 g/mol. The van der Waals surface area contributed by atoms with E-state index < -0.39 is 18.0 Å². The molecule has 1 aromatic carbocycles. The largest absolute Gasteiger partial charge is 0.508 e. The molecule has 1 fully saturated rings. The van der Waals surface area contributed by atoms with Crippen LogP contribution in [0.5, 0.6) is 5.75 Å². The highest BCUT2D eigenvalue weighted by Crippen LogP contribution is 2.19. The first-order valence-corrected chi connectivity index (χ1v) is 5.25. The van der Waals surface area contributed by atoms with Gasteiger partial charge in [0.25, 0.3) is 0 Å². The van der Waals surface area contributed by atoms with Crippen LogP contribution in [-0.4, -0.2) is 29.8 Å². The van der Waals surface area contributed by atoms with Gasteiger partial charge in [-0.1, -0.05) is 6.07 Å². The van der Waals surface area contributed by atoms with Crippen LogP contribution in [0.25, 0.3) is 0 Å². The molecule has 1 aliphatic rings. The average Bonchev–Trinajstić information content (AvgIpc) is 2.68. The van der Waals surface area contributed by atoms with Gasteiger partial charge in [0.1, 0.15) is 5.75 Å². The molecule has 1 heterocycles. The maximum absolute atomic E-state index is 11.7. The second kappa shape index (κ2) is 4.45. The molecule has 1 saturated heterocycles. The molecule has 0 amide bonds. The molecular formula is C12H12O5. The van der Waals surface area contributed by atoms with Crippen LogP contribution < -0.4 is 0 Å². The van der Waals surface area contributed by atoms with E-state index in [4.69, 9.17) is 4.74 Å². The summed E-state index contributed by atoms with van der Waals surface area (Å²) >= 11 is 0. The number of rotatable bonds is 2. The normalized spacial score (nSPS) is 18.9. The standard InChI is InChI=1S/C12H12O5/c1-7-2-3-8(6-9(7)13)11(14)17-10-4-5-16-12(10)15/h2-3,6,10,13H,4-5H2,1H3/t10-/m1/s1. The molecule has 5 heteroatoms. The second-order valence-electron chi connectivity index (χ2n) is 3.85. The molecule has 0 unspecified atom stereocenters. The number of aromatic hydroxyl groups is 1. The van der Waals surface area contributed by atoms with Gasteiger partial charge in [0.2, 0.25) is 6.10 Å². The Balaban J connectivity index is 2.09. The van der Waals surface area contributed by atoms with Crippen LogP contribution in [-0.2, 0) is 14.3 Å². The van der Waals surface area contributed by atoms with Gasteiger partial charge < -0.3 is 14.6 Å². The van der Waals surface area contributed by atoms with Crippen molar-refractivity contribution in [3.63, 3.8) is 0 Å².